The van der Waals surface area contributed by atoms with E-state index in [9.17, 15) is 14.4 Å². The molecule has 0 unspecified atom stereocenters. The Bertz CT molecular complexity index is 1600. The van der Waals surface area contributed by atoms with Gasteiger partial charge in [0.15, 0.2) is 0 Å². The van der Waals surface area contributed by atoms with Gasteiger partial charge in [0.2, 0.25) is 5.91 Å². The number of benzene rings is 2. The monoisotopic (exact) mass is 541 g/mol. The van der Waals surface area contributed by atoms with Crippen molar-refractivity contribution in [1.82, 2.24) is 15.6 Å². The molecule has 4 aromatic rings. The summed E-state index contributed by atoms with van der Waals surface area (Å²) in [6, 6.07) is 16.6. The van der Waals surface area contributed by atoms with Gasteiger partial charge < -0.3 is 20.7 Å². The number of aryl methyl sites for hydroxylation is 1. The summed E-state index contributed by atoms with van der Waals surface area (Å²) in [6.45, 7) is 3.43. The molecule has 2 atom stereocenters. The minimum Gasteiger partial charge on any atom is -0.457 e. The number of urea groups is 1. The normalized spacial score (nSPS) is 18.1. The number of nitrogens with zero attached hydrogens (tertiary/aromatic N) is 2. The summed E-state index contributed by atoms with van der Waals surface area (Å²) < 4.78 is 5.96. The zero-order valence-electron chi connectivity index (χ0n) is 21.5. The Morgan fingerprint density at radius 2 is 1.79 bits per heavy atom. The first-order valence-electron chi connectivity index (χ1n) is 12.8. The fraction of sp³-hybridized carbons (Fsp3) is 0.241. The summed E-state index contributed by atoms with van der Waals surface area (Å²) in [5, 5.41) is 9.69. The summed E-state index contributed by atoms with van der Waals surface area (Å²) in [5.41, 5.74) is 2.71. The molecule has 2 aromatic carbocycles. The van der Waals surface area contributed by atoms with E-state index in [1.54, 1.807) is 17.2 Å². The van der Waals surface area contributed by atoms with Crippen LogP contribution in [-0.4, -0.2) is 34.9 Å². The first kappa shape index (κ1) is 24.9. The Morgan fingerprint density at radius 3 is 2.54 bits per heavy atom. The SMILES string of the molecule is CC(=O)N[C@@H]1CC[C@H](NC(=O)c2sc3nccc4c3c2NC(=O)N4c2ccc(Oc3ccccc3)cc2C)C1. The van der Waals surface area contributed by atoms with E-state index in [1.807, 2.05) is 55.5 Å². The van der Waals surface area contributed by atoms with Gasteiger partial charge in [0, 0.05) is 25.2 Å². The van der Waals surface area contributed by atoms with Crippen molar-refractivity contribution in [3.63, 3.8) is 0 Å². The van der Waals surface area contributed by atoms with Crippen LogP contribution < -0.4 is 25.6 Å². The van der Waals surface area contributed by atoms with Crippen molar-refractivity contribution in [1.29, 1.82) is 0 Å². The van der Waals surface area contributed by atoms with Crippen LogP contribution in [0.5, 0.6) is 11.5 Å². The maximum Gasteiger partial charge on any atom is 0.331 e. The Hall–Kier alpha value is -4.44. The Balaban J connectivity index is 1.28. The molecule has 3 heterocycles. The van der Waals surface area contributed by atoms with Crippen molar-refractivity contribution >= 4 is 56.5 Å². The van der Waals surface area contributed by atoms with Gasteiger partial charge in [0.25, 0.3) is 5.91 Å². The molecule has 0 radical (unpaired) electrons. The summed E-state index contributed by atoms with van der Waals surface area (Å²) in [4.78, 5) is 45.4. The summed E-state index contributed by atoms with van der Waals surface area (Å²) in [6.07, 6.45) is 3.93. The minimum absolute atomic E-state index is 0.0470. The molecule has 2 aromatic heterocycles. The van der Waals surface area contributed by atoms with Gasteiger partial charge in [-0.1, -0.05) is 18.2 Å². The van der Waals surface area contributed by atoms with Gasteiger partial charge in [-0.2, -0.15) is 0 Å². The van der Waals surface area contributed by atoms with Gasteiger partial charge >= 0.3 is 6.03 Å². The molecule has 4 amide bonds. The summed E-state index contributed by atoms with van der Waals surface area (Å²) in [7, 11) is 0. The molecule has 1 aliphatic heterocycles. The van der Waals surface area contributed by atoms with Crippen LogP contribution in [-0.2, 0) is 4.79 Å². The number of hydrogen-bond donors (Lipinski definition) is 3. The Labute approximate surface area is 229 Å². The predicted octanol–water partition coefficient (Wildman–Crippen LogP) is 5.87. The van der Waals surface area contributed by atoms with Crippen LogP contribution in [0.3, 0.4) is 0 Å². The maximum atomic E-state index is 13.5. The molecule has 0 saturated heterocycles. The second-order valence-electron chi connectivity index (χ2n) is 9.83. The zero-order chi connectivity index (χ0) is 27.1. The number of ether oxygens (including phenoxy) is 1. The van der Waals surface area contributed by atoms with E-state index in [0.717, 1.165) is 29.5 Å². The summed E-state index contributed by atoms with van der Waals surface area (Å²) in [5.74, 6) is 1.08. The quantitative estimate of drug-likeness (QED) is 0.283. The van der Waals surface area contributed by atoms with Crippen LogP contribution in [0, 0.1) is 6.92 Å². The largest absolute Gasteiger partial charge is 0.457 e. The lowest BCUT2D eigenvalue weighted by Gasteiger charge is -2.29. The van der Waals surface area contributed by atoms with E-state index in [0.29, 0.717) is 38.9 Å². The van der Waals surface area contributed by atoms with E-state index in [4.69, 9.17) is 4.74 Å². The van der Waals surface area contributed by atoms with Crippen molar-refractivity contribution in [3.05, 3.63) is 71.2 Å². The number of carbonyl (C=O) groups excluding carboxylic acids is 3. The molecule has 0 bridgehead atoms. The number of aromatic nitrogens is 1. The van der Waals surface area contributed by atoms with Crippen molar-refractivity contribution in [2.45, 2.75) is 45.2 Å². The van der Waals surface area contributed by atoms with E-state index in [2.05, 4.69) is 20.9 Å². The molecule has 3 N–H and O–H groups in total. The van der Waals surface area contributed by atoms with Gasteiger partial charge in [0.1, 0.15) is 21.2 Å². The first-order chi connectivity index (χ1) is 18.9. The topological polar surface area (TPSA) is 113 Å². The molecule has 10 heteroatoms. The number of pyridine rings is 1. The maximum absolute atomic E-state index is 13.5. The van der Waals surface area contributed by atoms with E-state index in [1.165, 1.54) is 18.3 Å². The van der Waals surface area contributed by atoms with Crippen LogP contribution in [0.2, 0.25) is 0 Å². The van der Waals surface area contributed by atoms with Crippen LogP contribution in [0.4, 0.5) is 21.9 Å². The van der Waals surface area contributed by atoms with Crippen LogP contribution in [0.25, 0.3) is 10.2 Å². The Kier molecular flexibility index (Phi) is 6.40. The molecule has 2 aliphatic rings. The van der Waals surface area contributed by atoms with Crippen LogP contribution in [0.15, 0.2) is 60.8 Å². The van der Waals surface area contributed by atoms with Crippen molar-refractivity contribution in [2.24, 2.45) is 0 Å². The van der Waals surface area contributed by atoms with Gasteiger partial charge in [-0.05, 0) is 68.1 Å². The number of carbonyl (C=O) groups is 3. The molecule has 1 aliphatic carbocycles. The standard InChI is InChI=1S/C29H27N5O4S/c1-16-14-21(38-20-6-4-3-5-7-20)10-11-22(16)34-23-12-13-30-28-24(23)25(33-29(34)37)26(39-28)27(36)32-19-9-8-18(15-19)31-17(2)35/h3-7,10-14,18-19H,8-9,15H2,1-2H3,(H,31,35)(H,32,36)(H,33,37)/t18-,19+/m1/s1. The highest BCUT2D eigenvalue weighted by Gasteiger charge is 2.34. The first-order valence-corrected chi connectivity index (χ1v) is 13.6. The number of anilines is 3. The zero-order valence-corrected chi connectivity index (χ0v) is 22.3. The molecule has 1 saturated carbocycles. The molecular formula is C29H27N5O4S. The average Bonchev–Trinajstić information content (AvgIpc) is 3.50. The molecule has 198 valence electrons. The molecule has 6 rings (SSSR count). The fourth-order valence-corrected chi connectivity index (χ4v) is 6.35. The number of para-hydroxylation sites is 1. The second-order valence-corrected chi connectivity index (χ2v) is 10.8. The number of nitrogens with one attached hydrogen (secondary N) is 3. The van der Waals surface area contributed by atoms with Crippen molar-refractivity contribution < 1.29 is 19.1 Å². The fourth-order valence-electron chi connectivity index (χ4n) is 5.33. The van der Waals surface area contributed by atoms with E-state index < -0.39 is 0 Å². The van der Waals surface area contributed by atoms with Gasteiger partial charge in [-0.25, -0.2) is 9.78 Å². The smallest absolute Gasteiger partial charge is 0.331 e. The number of hydrogen-bond acceptors (Lipinski definition) is 6. The van der Waals surface area contributed by atoms with E-state index >= 15 is 0 Å². The molecule has 9 nitrogen and oxygen atoms in total. The Morgan fingerprint density at radius 1 is 1.03 bits per heavy atom. The highest BCUT2D eigenvalue weighted by molar-refractivity contribution is 7.21. The van der Waals surface area contributed by atoms with Crippen LogP contribution in [0.1, 0.15) is 41.4 Å². The number of amides is 4. The minimum atomic E-state index is -0.353. The molecule has 39 heavy (non-hydrogen) atoms. The summed E-state index contributed by atoms with van der Waals surface area (Å²) >= 11 is 1.26. The van der Waals surface area contributed by atoms with Gasteiger partial charge in [-0.15, -0.1) is 11.3 Å². The van der Waals surface area contributed by atoms with Gasteiger partial charge in [-0.3, -0.25) is 14.5 Å². The highest BCUT2D eigenvalue weighted by atomic mass is 32.1. The number of rotatable bonds is 6. The lowest BCUT2D eigenvalue weighted by molar-refractivity contribution is -0.119. The predicted molar refractivity (Wildman–Crippen MR) is 151 cm³/mol. The third-order valence-electron chi connectivity index (χ3n) is 7.02. The average molecular weight is 542 g/mol. The van der Waals surface area contributed by atoms with Crippen molar-refractivity contribution in [2.75, 3.05) is 10.2 Å². The van der Waals surface area contributed by atoms with Crippen LogP contribution >= 0.6 is 11.3 Å². The molecular weight excluding hydrogens is 514 g/mol. The van der Waals surface area contributed by atoms with Crippen molar-refractivity contribution in [3.8, 4) is 11.5 Å². The third-order valence-corrected chi connectivity index (χ3v) is 8.11. The van der Waals surface area contributed by atoms with E-state index in [-0.39, 0.29) is 29.9 Å². The van der Waals surface area contributed by atoms with Gasteiger partial charge in [0.05, 0.1) is 22.4 Å². The highest BCUT2D eigenvalue weighted by Crippen LogP contribution is 2.46. The second kappa shape index (κ2) is 10.0. The molecule has 1 fully saturated rings. The lowest BCUT2D eigenvalue weighted by Crippen LogP contribution is -2.37. The lowest BCUT2D eigenvalue weighted by atomic mass is 10.1. The molecule has 0 spiro atoms. The number of thiophene rings is 1. The third kappa shape index (κ3) is 4.79.